The molecule has 0 unspecified atom stereocenters. The molecule has 1 aromatic heterocycles. The second-order valence-corrected chi connectivity index (χ2v) is 11.0. The molecule has 5 aliphatic rings. The summed E-state index contributed by atoms with van der Waals surface area (Å²) in [6, 6.07) is 5.69. The van der Waals surface area contributed by atoms with Gasteiger partial charge in [0.1, 0.15) is 11.0 Å². The quantitative estimate of drug-likeness (QED) is 0.476. The van der Waals surface area contributed by atoms with Gasteiger partial charge >= 0.3 is 5.97 Å². The van der Waals surface area contributed by atoms with Crippen LogP contribution in [0.15, 0.2) is 48.7 Å². The van der Waals surface area contributed by atoms with E-state index in [4.69, 9.17) is 4.74 Å². The summed E-state index contributed by atoms with van der Waals surface area (Å²) in [4.78, 5) is 31.4. The minimum Gasteiger partial charge on any atom is -0.454 e. The van der Waals surface area contributed by atoms with Crippen LogP contribution in [0.5, 0.6) is 0 Å². The Morgan fingerprint density at radius 1 is 1.39 bits per heavy atom. The SMILES string of the molecule is C=C1C[C@]23C[C@@]1(O)CC[C@H]2[C@@]12C=C[C@H](O)[C@](C)(C(=O)O1)[C@H]2[C@@H]3C(=O)NCCc1ccccn1. The highest BCUT2D eigenvalue weighted by Crippen LogP contribution is 2.77. The van der Waals surface area contributed by atoms with Crippen molar-refractivity contribution in [2.75, 3.05) is 6.54 Å². The lowest BCUT2D eigenvalue weighted by Gasteiger charge is -2.44. The van der Waals surface area contributed by atoms with Gasteiger partial charge in [-0.25, -0.2) is 0 Å². The number of carbonyl (C=O) groups excluding carboxylic acids is 2. The van der Waals surface area contributed by atoms with Gasteiger partial charge in [0.05, 0.1) is 17.6 Å². The van der Waals surface area contributed by atoms with E-state index in [2.05, 4.69) is 16.9 Å². The lowest BCUT2D eigenvalue weighted by molar-refractivity contribution is -0.160. The van der Waals surface area contributed by atoms with Gasteiger partial charge in [0.25, 0.3) is 0 Å². The minimum absolute atomic E-state index is 0.101. The number of aliphatic hydroxyl groups is 2. The molecule has 174 valence electrons. The van der Waals surface area contributed by atoms with E-state index in [0.29, 0.717) is 38.6 Å². The second-order valence-electron chi connectivity index (χ2n) is 11.0. The molecule has 8 atom stereocenters. The summed E-state index contributed by atoms with van der Waals surface area (Å²) in [5.41, 5.74) is -2.02. The van der Waals surface area contributed by atoms with E-state index >= 15 is 0 Å². The van der Waals surface area contributed by atoms with Crippen LogP contribution in [0.3, 0.4) is 0 Å². The topological polar surface area (TPSA) is 109 Å². The molecule has 0 radical (unpaired) electrons. The Labute approximate surface area is 192 Å². The smallest absolute Gasteiger partial charge is 0.316 e. The molecule has 3 saturated carbocycles. The number of ether oxygens (including phenoxy) is 1. The molecule has 1 amide bonds. The summed E-state index contributed by atoms with van der Waals surface area (Å²) in [7, 11) is 0. The van der Waals surface area contributed by atoms with E-state index in [1.165, 1.54) is 0 Å². The predicted molar refractivity (Wildman–Crippen MR) is 118 cm³/mol. The highest BCUT2D eigenvalue weighted by molar-refractivity contribution is 5.88. The number of aromatic nitrogens is 1. The van der Waals surface area contributed by atoms with Gasteiger partial charge in [-0.3, -0.25) is 14.6 Å². The van der Waals surface area contributed by atoms with Gasteiger partial charge in [-0.05, 0) is 61.8 Å². The van der Waals surface area contributed by atoms with E-state index in [9.17, 15) is 19.8 Å². The van der Waals surface area contributed by atoms with Crippen LogP contribution in [-0.2, 0) is 20.7 Å². The number of aliphatic hydroxyl groups excluding tert-OH is 1. The maximum Gasteiger partial charge on any atom is 0.316 e. The van der Waals surface area contributed by atoms with Gasteiger partial charge in [0, 0.05) is 36.7 Å². The van der Waals surface area contributed by atoms with Crippen molar-refractivity contribution in [1.82, 2.24) is 10.3 Å². The fourth-order valence-electron chi connectivity index (χ4n) is 8.13. The van der Waals surface area contributed by atoms with Gasteiger partial charge in [-0.1, -0.05) is 18.7 Å². The summed E-state index contributed by atoms with van der Waals surface area (Å²) in [6.45, 7) is 6.33. The molecule has 4 fully saturated rings. The standard InChI is InChI=1S/C26H30N2O5/c1-15-13-24-14-25(15,32)9-6-17(24)26-10-7-18(29)23(2,22(31)33-26)20(26)19(24)21(30)28-12-8-16-5-3-4-11-27-16/h3-5,7,10-11,17-20,29,32H,1,6,8-9,12-14H2,2H3,(H,28,30)/t17-,18+,19-,20-,23+,24+,25+,26-/m1/s1. The summed E-state index contributed by atoms with van der Waals surface area (Å²) < 4.78 is 6.12. The van der Waals surface area contributed by atoms with Crippen LogP contribution in [0, 0.1) is 28.6 Å². The summed E-state index contributed by atoms with van der Waals surface area (Å²) >= 11 is 0. The van der Waals surface area contributed by atoms with Gasteiger partial charge in [-0.2, -0.15) is 0 Å². The van der Waals surface area contributed by atoms with Crippen molar-refractivity contribution in [1.29, 1.82) is 0 Å². The molecule has 4 aliphatic carbocycles. The lowest BCUT2D eigenvalue weighted by Crippen LogP contribution is -2.52. The van der Waals surface area contributed by atoms with E-state index < -0.39 is 45.9 Å². The first-order valence-corrected chi connectivity index (χ1v) is 11.9. The highest BCUT2D eigenvalue weighted by Gasteiger charge is 2.83. The Hall–Kier alpha value is -2.51. The molecule has 7 nitrogen and oxygen atoms in total. The minimum atomic E-state index is -1.20. The number of amides is 1. The first kappa shape index (κ1) is 21.1. The van der Waals surface area contributed by atoms with Gasteiger partial charge in [0.2, 0.25) is 5.91 Å². The number of esters is 1. The zero-order chi connectivity index (χ0) is 23.2. The van der Waals surface area contributed by atoms with Crippen molar-refractivity contribution in [3.05, 3.63) is 54.4 Å². The number of nitrogens with zero attached hydrogens (tertiary/aromatic N) is 1. The van der Waals surface area contributed by atoms with Crippen molar-refractivity contribution < 1.29 is 24.5 Å². The monoisotopic (exact) mass is 450 g/mol. The molecule has 1 saturated heterocycles. The van der Waals surface area contributed by atoms with Crippen LogP contribution in [0.1, 0.15) is 38.3 Å². The Bertz CT molecular complexity index is 1090. The van der Waals surface area contributed by atoms with E-state index in [1.54, 1.807) is 19.2 Å². The first-order chi connectivity index (χ1) is 15.7. The summed E-state index contributed by atoms with van der Waals surface area (Å²) in [5, 5.41) is 25.3. The molecule has 0 aromatic carbocycles. The molecule has 4 bridgehead atoms. The van der Waals surface area contributed by atoms with Crippen LogP contribution in [0.4, 0.5) is 0 Å². The number of pyridine rings is 1. The van der Waals surface area contributed by atoms with Gasteiger partial charge in [0.15, 0.2) is 0 Å². The fraction of sp³-hybridized carbons (Fsp3) is 0.577. The van der Waals surface area contributed by atoms with Crippen LogP contribution < -0.4 is 5.32 Å². The van der Waals surface area contributed by atoms with Crippen molar-refractivity contribution >= 4 is 11.9 Å². The van der Waals surface area contributed by atoms with Crippen molar-refractivity contribution in [3.63, 3.8) is 0 Å². The molecule has 33 heavy (non-hydrogen) atoms. The average molecular weight is 451 g/mol. The average Bonchev–Trinajstić information content (AvgIpc) is 3.21. The maximum absolute atomic E-state index is 13.9. The van der Waals surface area contributed by atoms with Crippen molar-refractivity contribution in [2.45, 2.75) is 56.3 Å². The van der Waals surface area contributed by atoms with Gasteiger partial charge in [-0.15, -0.1) is 0 Å². The normalized spacial score (nSPS) is 46.6. The zero-order valence-corrected chi connectivity index (χ0v) is 18.8. The number of hydrogen-bond donors (Lipinski definition) is 3. The van der Waals surface area contributed by atoms with Crippen LogP contribution in [-0.4, -0.2) is 50.9 Å². The number of hydrogen-bond acceptors (Lipinski definition) is 6. The number of carbonyl (C=O) groups is 2. The zero-order valence-electron chi connectivity index (χ0n) is 18.8. The third-order valence-electron chi connectivity index (χ3n) is 9.54. The highest BCUT2D eigenvalue weighted by atomic mass is 16.6. The molecule has 7 heteroatoms. The number of rotatable bonds is 4. The molecular weight excluding hydrogens is 420 g/mol. The molecular formula is C26H30N2O5. The Morgan fingerprint density at radius 2 is 2.21 bits per heavy atom. The van der Waals surface area contributed by atoms with E-state index in [1.807, 2.05) is 24.3 Å². The molecule has 1 aliphatic heterocycles. The first-order valence-electron chi connectivity index (χ1n) is 11.9. The summed E-state index contributed by atoms with van der Waals surface area (Å²) in [6.07, 6.45) is 6.98. The molecule has 1 spiro atoms. The van der Waals surface area contributed by atoms with Crippen LogP contribution >= 0.6 is 0 Å². The molecule has 2 heterocycles. The molecule has 1 aromatic rings. The van der Waals surface area contributed by atoms with Crippen LogP contribution in [0.2, 0.25) is 0 Å². The lowest BCUT2D eigenvalue weighted by atomic mass is 9.60. The summed E-state index contributed by atoms with van der Waals surface area (Å²) in [5.74, 6) is -1.76. The van der Waals surface area contributed by atoms with E-state index in [0.717, 1.165) is 11.3 Å². The van der Waals surface area contributed by atoms with Gasteiger partial charge < -0.3 is 20.3 Å². The van der Waals surface area contributed by atoms with Crippen molar-refractivity contribution in [2.24, 2.45) is 28.6 Å². The third-order valence-corrected chi connectivity index (χ3v) is 9.54. The third kappa shape index (κ3) is 2.44. The number of nitrogens with one attached hydrogen (secondary N) is 1. The Balaban J connectivity index is 1.40. The Morgan fingerprint density at radius 3 is 2.97 bits per heavy atom. The van der Waals surface area contributed by atoms with Crippen LogP contribution in [0.25, 0.3) is 0 Å². The maximum atomic E-state index is 13.9. The number of fused-ring (bicyclic) bond motifs is 1. The predicted octanol–water partition coefficient (Wildman–Crippen LogP) is 1.70. The molecule has 6 rings (SSSR count). The van der Waals surface area contributed by atoms with Crippen molar-refractivity contribution in [3.8, 4) is 0 Å². The second kappa shape index (κ2) is 6.54. The largest absolute Gasteiger partial charge is 0.454 e. The fourth-order valence-corrected chi connectivity index (χ4v) is 8.13. The Kier molecular flexibility index (Phi) is 4.17. The van der Waals surface area contributed by atoms with E-state index in [-0.39, 0.29) is 11.8 Å². The molecule has 3 N–H and O–H groups in total.